The Morgan fingerprint density at radius 3 is 2.78 bits per heavy atom. The maximum Gasteiger partial charge on any atom is 0.269 e. The number of aryl methyl sites for hydroxylation is 1. The van der Waals surface area contributed by atoms with Crippen molar-refractivity contribution in [3.05, 3.63) is 41.2 Å². The van der Waals surface area contributed by atoms with Gasteiger partial charge in [0.05, 0.1) is 18.7 Å². The summed E-state index contributed by atoms with van der Waals surface area (Å²) >= 11 is 0. The molecule has 1 aromatic carbocycles. The molecule has 0 saturated carbocycles. The van der Waals surface area contributed by atoms with Crippen LogP contribution in [0.1, 0.15) is 48.4 Å². The van der Waals surface area contributed by atoms with Gasteiger partial charge in [-0.15, -0.1) is 0 Å². The lowest BCUT2D eigenvalue weighted by Crippen LogP contribution is -2.24. The molecular formula is C20H26N4O3. The number of ether oxygens (including phenoxy) is 1. The number of fused-ring (bicyclic) bond motifs is 2. The summed E-state index contributed by atoms with van der Waals surface area (Å²) in [4.78, 5) is 24.1. The molecule has 2 heterocycles. The van der Waals surface area contributed by atoms with Gasteiger partial charge in [-0.3, -0.25) is 14.7 Å². The maximum atomic E-state index is 11.4. The summed E-state index contributed by atoms with van der Waals surface area (Å²) in [5.74, 6) is 0.459. The van der Waals surface area contributed by atoms with Crippen molar-refractivity contribution in [2.24, 2.45) is 11.1 Å². The molecule has 0 radical (unpaired) electrons. The minimum absolute atomic E-state index is 0.102. The Hall–Kier alpha value is -2.83. The maximum absolute atomic E-state index is 11.4. The minimum Gasteiger partial charge on any atom is -0.491 e. The van der Waals surface area contributed by atoms with Gasteiger partial charge in [-0.05, 0) is 36.8 Å². The molecule has 0 spiro atoms. The molecule has 4 rings (SSSR count). The minimum atomic E-state index is -0.430. The van der Waals surface area contributed by atoms with Gasteiger partial charge in [0.2, 0.25) is 5.91 Å². The summed E-state index contributed by atoms with van der Waals surface area (Å²) in [6.07, 6.45) is 3.42. The number of aromatic amines is 1. The summed E-state index contributed by atoms with van der Waals surface area (Å²) in [7, 11) is 1.77. The number of rotatable bonds is 1. The topological polar surface area (TPSA) is 101 Å². The van der Waals surface area contributed by atoms with E-state index in [0.717, 1.165) is 42.0 Å². The fourth-order valence-corrected chi connectivity index (χ4v) is 3.44. The van der Waals surface area contributed by atoms with Crippen LogP contribution in [0.15, 0.2) is 24.3 Å². The van der Waals surface area contributed by atoms with Crippen LogP contribution in [-0.4, -0.2) is 35.7 Å². The SMILES string of the molecule is CC1(C)CCc2[nH]nc(C(N)=O)c2C1.CN1C(=O)CCOc2ccccc21. The Morgan fingerprint density at radius 2 is 2.04 bits per heavy atom. The van der Waals surface area contributed by atoms with E-state index in [1.54, 1.807) is 11.9 Å². The number of amides is 2. The van der Waals surface area contributed by atoms with E-state index in [1.807, 2.05) is 24.3 Å². The van der Waals surface area contributed by atoms with Crippen LogP contribution in [0.2, 0.25) is 0 Å². The molecular weight excluding hydrogens is 344 g/mol. The Morgan fingerprint density at radius 1 is 1.30 bits per heavy atom. The molecule has 144 valence electrons. The first-order chi connectivity index (χ1) is 12.8. The van der Waals surface area contributed by atoms with Gasteiger partial charge in [0.15, 0.2) is 5.69 Å². The molecule has 1 aliphatic carbocycles. The Balaban J connectivity index is 0.000000156. The van der Waals surface area contributed by atoms with Crippen LogP contribution in [-0.2, 0) is 17.6 Å². The molecule has 0 saturated heterocycles. The fourth-order valence-electron chi connectivity index (χ4n) is 3.44. The van der Waals surface area contributed by atoms with Crippen molar-refractivity contribution >= 4 is 17.5 Å². The van der Waals surface area contributed by atoms with E-state index in [9.17, 15) is 9.59 Å². The Bertz CT molecular complexity index is 857. The third-order valence-corrected chi connectivity index (χ3v) is 5.07. The van der Waals surface area contributed by atoms with Crippen molar-refractivity contribution in [3.8, 4) is 5.75 Å². The van der Waals surface area contributed by atoms with Crippen LogP contribution >= 0.6 is 0 Å². The molecule has 2 aromatic rings. The molecule has 2 amide bonds. The van der Waals surface area contributed by atoms with Crippen LogP contribution in [0.5, 0.6) is 5.75 Å². The zero-order valence-corrected chi connectivity index (χ0v) is 16.0. The molecule has 0 fully saturated rings. The largest absolute Gasteiger partial charge is 0.491 e. The van der Waals surface area contributed by atoms with Crippen molar-refractivity contribution in [2.45, 2.75) is 39.5 Å². The fraction of sp³-hybridized carbons (Fsp3) is 0.450. The molecule has 0 bridgehead atoms. The lowest BCUT2D eigenvalue weighted by atomic mass is 9.76. The van der Waals surface area contributed by atoms with E-state index in [-0.39, 0.29) is 11.3 Å². The number of nitrogens with one attached hydrogen (secondary N) is 1. The Kier molecular flexibility index (Phi) is 5.21. The van der Waals surface area contributed by atoms with Crippen molar-refractivity contribution in [1.29, 1.82) is 0 Å². The summed E-state index contributed by atoms with van der Waals surface area (Å²) in [5.41, 5.74) is 8.88. The summed E-state index contributed by atoms with van der Waals surface area (Å²) in [5, 5.41) is 6.86. The van der Waals surface area contributed by atoms with E-state index >= 15 is 0 Å². The van der Waals surface area contributed by atoms with Crippen molar-refractivity contribution in [3.63, 3.8) is 0 Å². The van der Waals surface area contributed by atoms with Crippen LogP contribution < -0.4 is 15.4 Å². The number of para-hydroxylation sites is 2. The molecule has 0 unspecified atom stereocenters. The number of nitrogens with zero attached hydrogens (tertiary/aromatic N) is 2. The number of carbonyl (C=O) groups excluding carboxylic acids is 2. The quantitative estimate of drug-likeness (QED) is 0.805. The first kappa shape index (κ1) is 18.9. The van der Waals surface area contributed by atoms with Gasteiger partial charge in [-0.1, -0.05) is 26.0 Å². The van der Waals surface area contributed by atoms with Gasteiger partial charge in [-0.25, -0.2) is 0 Å². The molecule has 27 heavy (non-hydrogen) atoms. The molecule has 7 heteroatoms. The highest BCUT2D eigenvalue weighted by molar-refractivity contribution is 5.95. The van der Waals surface area contributed by atoms with Crippen molar-refractivity contribution in [2.75, 3.05) is 18.6 Å². The standard InChI is InChI=1S/C10H15N3O.C10H11NO2/c1-10(2)4-3-7-6(5-10)8(9(11)14)13-12-7;1-11-8-4-2-3-5-9(8)13-7-6-10(11)12/h3-5H2,1-2H3,(H2,11,14)(H,12,13);2-5H,6-7H2,1H3. The summed E-state index contributed by atoms with van der Waals surface area (Å²) < 4.78 is 5.43. The van der Waals surface area contributed by atoms with E-state index < -0.39 is 5.91 Å². The van der Waals surface area contributed by atoms with Gasteiger partial charge in [0, 0.05) is 18.3 Å². The number of primary amides is 1. The molecule has 0 atom stereocenters. The van der Waals surface area contributed by atoms with E-state index in [4.69, 9.17) is 10.5 Å². The monoisotopic (exact) mass is 370 g/mol. The van der Waals surface area contributed by atoms with Crippen molar-refractivity contribution in [1.82, 2.24) is 10.2 Å². The van der Waals surface area contributed by atoms with Gasteiger partial charge < -0.3 is 15.4 Å². The smallest absolute Gasteiger partial charge is 0.269 e. The predicted molar refractivity (Wildman–Crippen MR) is 103 cm³/mol. The molecule has 1 aromatic heterocycles. The summed E-state index contributed by atoms with van der Waals surface area (Å²) in [6.45, 7) is 4.88. The van der Waals surface area contributed by atoms with E-state index in [1.165, 1.54) is 0 Å². The second-order valence-electron chi connectivity index (χ2n) is 7.75. The van der Waals surface area contributed by atoms with Crippen molar-refractivity contribution < 1.29 is 14.3 Å². The highest BCUT2D eigenvalue weighted by atomic mass is 16.5. The molecule has 1 aliphatic heterocycles. The molecule has 7 nitrogen and oxygen atoms in total. The lowest BCUT2D eigenvalue weighted by Gasteiger charge is -2.29. The average molecular weight is 370 g/mol. The second kappa shape index (κ2) is 7.42. The van der Waals surface area contributed by atoms with Gasteiger partial charge in [-0.2, -0.15) is 5.10 Å². The Labute approximate surface area is 158 Å². The number of hydrogen-bond acceptors (Lipinski definition) is 4. The third-order valence-electron chi connectivity index (χ3n) is 5.07. The number of carbonyl (C=O) groups is 2. The number of H-pyrrole nitrogens is 1. The number of anilines is 1. The van der Waals surface area contributed by atoms with Crippen LogP contribution in [0, 0.1) is 5.41 Å². The first-order valence-corrected chi connectivity index (χ1v) is 9.13. The van der Waals surface area contributed by atoms with Gasteiger partial charge in [0.25, 0.3) is 5.91 Å². The molecule has 3 N–H and O–H groups in total. The van der Waals surface area contributed by atoms with Crippen LogP contribution in [0.25, 0.3) is 0 Å². The average Bonchev–Trinajstić information content (AvgIpc) is 2.97. The van der Waals surface area contributed by atoms with Gasteiger partial charge in [0.1, 0.15) is 5.75 Å². The zero-order valence-electron chi connectivity index (χ0n) is 16.0. The number of benzene rings is 1. The normalized spacial score (nSPS) is 17.6. The highest BCUT2D eigenvalue weighted by Gasteiger charge is 2.30. The van der Waals surface area contributed by atoms with Gasteiger partial charge >= 0.3 is 0 Å². The van der Waals surface area contributed by atoms with E-state index in [2.05, 4.69) is 24.0 Å². The highest BCUT2D eigenvalue weighted by Crippen LogP contribution is 2.35. The van der Waals surface area contributed by atoms with E-state index in [0.29, 0.717) is 18.7 Å². The number of nitrogens with two attached hydrogens (primary N) is 1. The lowest BCUT2D eigenvalue weighted by molar-refractivity contribution is -0.118. The summed E-state index contributed by atoms with van der Waals surface area (Å²) in [6, 6.07) is 7.57. The second-order valence-corrected chi connectivity index (χ2v) is 7.75. The van der Waals surface area contributed by atoms with Crippen LogP contribution in [0.4, 0.5) is 5.69 Å². The zero-order chi connectivity index (χ0) is 19.6. The predicted octanol–water partition coefficient (Wildman–Crippen LogP) is 2.46. The molecule has 2 aliphatic rings. The van der Waals surface area contributed by atoms with Crippen LogP contribution in [0.3, 0.4) is 0 Å². The third kappa shape index (κ3) is 4.13. The first-order valence-electron chi connectivity index (χ1n) is 9.13. The number of aromatic nitrogens is 2. The number of hydrogen-bond donors (Lipinski definition) is 2.